The van der Waals surface area contributed by atoms with Crippen LogP contribution in [-0.2, 0) is 0 Å². The van der Waals surface area contributed by atoms with Crippen LogP contribution in [0.1, 0.15) is 41.6 Å². The standard InChI is InChI=1S/C16H18N6O/c1-9(2)13-8-14(21-20-13)18-16(23)12-6-4-5-11(7-12)15-17-10(3)19-22-15/h4-9H,1-3H3,(H,17,19,22)(H2,18,20,21,23). The summed E-state index contributed by atoms with van der Waals surface area (Å²) >= 11 is 0. The van der Waals surface area contributed by atoms with Crippen molar-refractivity contribution in [2.24, 2.45) is 0 Å². The van der Waals surface area contributed by atoms with Crippen molar-refractivity contribution in [1.29, 1.82) is 0 Å². The Morgan fingerprint density at radius 2 is 2.00 bits per heavy atom. The molecule has 118 valence electrons. The van der Waals surface area contributed by atoms with Crippen LogP contribution >= 0.6 is 0 Å². The summed E-state index contributed by atoms with van der Waals surface area (Å²) in [7, 11) is 0. The van der Waals surface area contributed by atoms with Gasteiger partial charge in [-0.05, 0) is 25.0 Å². The highest BCUT2D eigenvalue weighted by atomic mass is 16.1. The molecule has 3 aromatic rings. The molecule has 0 bridgehead atoms. The number of H-pyrrole nitrogens is 2. The van der Waals surface area contributed by atoms with Crippen LogP contribution in [0.5, 0.6) is 0 Å². The molecule has 1 amide bonds. The molecule has 7 nitrogen and oxygen atoms in total. The average Bonchev–Trinajstić information content (AvgIpc) is 3.16. The van der Waals surface area contributed by atoms with Gasteiger partial charge in [-0.2, -0.15) is 10.2 Å². The number of carbonyl (C=O) groups excluding carboxylic acids is 1. The second-order valence-electron chi connectivity index (χ2n) is 5.64. The van der Waals surface area contributed by atoms with Crippen LogP contribution in [0.4, 0.5) is 5.82 Å². The molecule has 0 spiro atoms. The zero-order valence-electron chi connectivity index (χ0n) is 13.2. The quantitative estimate of drug-likeness (QED) is 0.690. The van der Waals surface area contributed by atoms with E-state index in [0.29, 0.717) is 23.1 Å². The minimum absolute atomic E-state index is 0.221. The summed E-state index contributed by atoms with van der Waals surface area (Å²) < 4.78 is 0. The molecule has 1 aromatic carbocycles. The van der Waals surface area contributed by atoms with Crippen molar-refractivity contribution in [1.82, 2.24) is 25.4 Å². The number of nitrogens with one attached hydrogen (secondary N) is 3. The number of rotatable bonds is 4. The van der Waals surface area contributed by atoms with E-state index < -0.39 is 0 Å². The Morgan fingerprint density at radius 3 is 2.65 bits per heavy atom. The molecule has 0 unspecified atom stereocenters. The molecule has 0 aliphatic rings. The van der Waals surface area contributed by atoms with Crippen LogP contribution in [0.2, 0.25) is 0 Å². The number of nitrogens with zero attached hydrogens (tertiary/aromatic N) is 3. The van der Waals surface area contributed by atoms with Gasteiger partial charge in [0.25, 0.3) is 5.91 Å². The molecular formula is C16H18N6O. The third-order valence-electron chi connectivity index (χ3n) is 3.44. The monoisotopic (exact) mass is 310 g/mol. The molecule has 2 heterocycles. The second-order valence-corrected chi connectivity index (χ2v) is 5.64. The molecule has 0 aliphatic heterocycles. The van der Waals surface area contributed by atoms with Crippen LogP contribution in [0, 0.1) is 6.92 Å². The predicted octanol–water partition coefficient (Wildman–Crippen LogP) is 2.88. The number of hydrogen-bond donors (Lipinski definition) is 3. The van der Waals surface area contributed by atoms with Crippen LogP contribution in [-0.4, -0.2) is 31.3 Å². The van der Waals surface area contributed by atoms with Gasteiger partial charge in [-0.15, -0.1) is 0 Å². The normalized spacial score (nSPS) is 11.0. The molecule has 0 aliphatic carbocycles. The fourth-order valence-electron chi connectivity index (χ4n) is 2.16. The predicted molar refractivity (Wildman–Crippen MR) is 87.2 cm³/mol. The molecule has 0 atom stereocenters. The van der Waals surface area contributed by atoms with Gasteiger partial charge in [-0.25, -0.2) is 4.98 Å². The smallest absolute Gasteiger partial charge is 0.256 e. The highest BCUT2D eigenvalue weighted by molar-refractivity contribution is 6.04. The van der Waals surface area contributed by atoms with Gasteiger partial charge in [0.1, 0.15) is 5.82 Å². The number of amides is 1. The van der Waals surface area contributed by atoms with Crippen LogP contribution in [0.3, 0.4) is 0 Å². The van der Waals surface area contributed by atoms with Gasteiger partial charge in [0, 0.05) is 22.9 Å². The molecule has 0 fully saturated rings. The third-order valence-corrected chi connectivity index (χ3v) is 3.44. The molecule has 0 radical (unpaired) electrons. The lowest BCUT2D eigenvalue weighted by atomic mass is 10.1. The van der Waals surface area contributed by atoms with Gasteiger partial charge in [-0.3, -0.25) is 15.0 Å². The van der Waals surface area contributed by atoms with E-state index in [9.17, 15) is 4.79 Å². The first-order valence-corrected chi connectivity index (χ1v) is 7.39. The Morgan fingerprint density at radius 1 is 1.17 bits per heavy atom. The number of hydrogen-bond acceptors (Lipinski definition) is 4. The Bertz CT molecular complexity index is 832. The molecule has 23 heavy (non-hydrogen) atoms. The van der Waals surface area contributed by atoms with Crippen LogP contribution in [0.25, 0.3) is 11.4 Å². The summed E-state index contributed by atoms with van der Waals surface area (Å²) in [4.78, 5) is 16.6. The number of anilines is 1. The summed E-state index contributed by atoms with van der Waals surface area (Å²) in [5.74, 6) is 1.91. The van der Waals surface area contributed by atoms with E-state index in [-0.39, 0.29) is 5.91 Å². The van der Waals surface area contributed by atoms with Crippen LogP contribution < -0.4 is 5.32 Å². The average molecular weight is 310 g/mol. The molecule has 0 saturated carbocycles. The van der Waals surface area contributed by atoms with Gasteiger partial charge in [0.05, 0.1) is 0 Å². The Labute approximate surface area is 133 Å². The third kappa shape index (κ3) is 3.28. The lowest BCUT2D eigenvalue weighted by molar-refractivity contribution is 0.102. The zero-order valence-corrected chi connectivity index (χ0v) is 13.2. The van der Waals surface area contributed by atoms with E-state index in [1.54, 1.807) is 18.2 Å². The molecule has 7 heteroatoms. The van der Waals surface area contributed by atoms with Gasteiger partial charge in [0.2, 0.25) is 0 Å². The lowest BCUT2D eigenvalue weighted by Gasteiger charge is -2.03. The molecular weight excluding hydrogens is 292 g/mol. The maximum absolute atomic E-state index is 12.4. The van der Waals surface area contributed by atoms with Gasteiger partial charge < -0.3 is 5.32 Å². The Hall–Kier alpha value is -2.96. The topological polar surface area (TPSA) is 99.3 Å². The number of benzene rings is 1. The minimum atomic E-state index is -0.221. The van der Waals surface area contributed by atoms with Crippen molar-refractivity contribution in [3.63, 3.8) is 0 Å². The Balaban J connectivity index is 1.79. The number of carbonyl (C=O) groups is 1. The first kappa shape index (κ1) is 15.0. The summed E-state index contributed by atoms with van der Waals surface area (Å²) in [6.07, 6.45) is 0. The van der Waals surface area contributed by atoms with Crippen molar-refractivity contribution in [2.75, 3.05) is 5.32 Å². The lowest BCUT2D eigenvalue weighted by Crippen LogP contribution is -2.12. The highest BCUT2D eigenvalue weighted by Crippen LogP contribution is 2.18. The fourth-order valence-corrected chi connectivity index (χ4v) is 2.16. The zero-order chi connectivity index (χ0) is 16.4. The minimum Gasteiger partial charge on any atom is -0.305 e. The second kappa shape index (κ2) is 6.04. The van der Waals surface area contributed by atoms with E-state index in [4.69, 9.17) is 0 Å². The van der Waals surface area contributed by atoms with E-state index in [1.807, 2.05) is 19.1 Å². The SMILES string of the molecule is Cc1nc(-c2cccc(C(=O)Nc3cc(C(C)C)[nH]n3)c2)n[nH]1. The summed E-state index contributed by atoms with van der Waals surface area (Å²) in [5, 5.41) is 16.7. The maximum atomic E-state index is 12.4. The van der Waals surface area contributed by atoms with Crippen molar-refractivity contribution in [3.05, 3.63) is 47.4 Å². The fraction of sp³-hybridized carbons (Fsp3) is 0.250. The largest absolute Gasteiger partial charge is 0.305 e. The van der Waals surface area contributed by atoms with Gasteiger partial charge in [0.15, 0.2) is 11.6 Å². The summed E-state index contributed by atoms with van der Waals surface area (Å²) in [5.41, 5.74) is 2.29. The van der Waals surface area contributed by atoms with E-state index >= 15 is 0 Å². The van der Waals surface area contributed by atoms with Gasteiger partial charge >= 0.3 is 0 Å². The van der Waals surface area contributed by atoms with Crippen molar-refractivity contribution in [3.8, 4) is 11.4 Å². The van der Waals surface area contributed by atoms with Crippen molar-refractivity contribution >= 4 is 11.7 Å². The molecule has 3 N–H and O–H groups in total. The maximum Gasteiger partial charge on any atom is 0.256 e. The van der Waals surface area contributed by atoms with Gasteiger partial charge in [-0.1, -0.05) is 26.0 Å². The highest BCUT2D eigenvalue weighted by Gasteiger charge is 2.12. The summed E-state index contributed by atoms with van der Waals surface area (Å²) in [6.45, 7) is 5.94. The first-order chi connectivity index (χ1) is 11.0. The molecule has 0 saturated heterocycles. The van der Waals surface area contributed by atoms with Crippen molar-refractivity contribution in [2.45, 2.75) is 26.7 Å². The molecule has 3 rings (SSSR count). The van der Waals surface area contributed by atoms with Crippen molar-refractivity contribution < 1.29 is 4.79 Å². The van der Waals surface area contributed by atoms with Crippen LogP contribution in [0.15, 0.2) is 30.3 Å². The number of aromatic amines is 2. The molecule has 2 aromatic heterocycles. The van der Waals surface area contributed by atoms with E-state index in [2.05, 4.69) is 44.5 Å². The summed E-state index contributed by atoms with van der Waals surface area (Å²) in [6, 6.07) is 9.01. The number of aromatic nitrogens is 5. The Kier molecular flexibility index (Phi) is 3.92. The number of aryl methyl sites for hydroxylation is 1. The van der Waals surface area contributed by atoms with E-state index in [0.717, 1.165) is 17.1 Å². The van der Waals surface area contributed by atoms with E-state index in [1.165, 1.54) is 0 Å². The first-order valence-electron chi connectivity index (χ1n) is 7.39.